The molecule has 6 nitrogen and oxygen atoms in total. The summed E-state index contributed by atoms with van der Waals surface area (Å²) >= 11 is 0. The molecule has 0 unspecified atom stereocenters. The molecule has 0 radical (unpaired) electrons. The lowest BCUT2D eigenvalue weighted by molar-refractivity contribution is -0.124. The maximum absolute atomic E-state index is 12.0. The summed E-state index contributed by atoms with van der Waals surface area (Å²) in [7, 11) is 3.67. The summed E-state index contributed by atoms with van der Waals surface area (Å²) in [6, 6.07) is 8.90. The standard InChI is InChI=1S/C20H26N4O2/c1-24-17(10-11-21-24)20-16(8-9-19(25)23-20)22-14-6-7-15-13(12-14)4-3-5-18(15)26-2/h3-5,10-11,14,16,20,22H,6-9,12H2,1-2H3,(H,23,25)/t14-,16+,20+/m0/s1. The van der Waals surface area contributed by atoms with E-state index in [-0.39, 0.29) is 18.0 Å². The molecule has 2 aromatic rings. The molecule has 1 amide bonds. The molecule has 1 fully saturated rings. The van der Waals surface area contributed by atoms with Crippen molar-refractivity contribution in [2.24, 2.45) is 7.05 Å². The Morgan fingerprint density at radius 1 is 1.27 bits per heavy atom. The minimum atomic E-state index is -0.0320. The molecule has 1 aromatic heterocycles. The second-order valence-electron chi connectivity index (χ2n) is 7.27. The number of nitrogens with one attached hydrogen (secondary N) is 2. The van der Waals surface area contributed by atoms with E-state index >= 15 is 0 Å². The number of piperidine rings is 1. The SMILES string of the molecule is COc1cccc2c1CC[C@H](N[C@@H]1CCC(=O)N[C@H]1c1ccnn1C)C2. The third kappa shape index (κ3) is 3.21. The van der Waals surface area contributed by atoms with Crippen molar-refractivity contribution in [1.82, 2.24) is 20.4 Å². The van der Waals surface area contributed by atoms with E-state index in [1.54, 1.807) is 13.3 Å². The summed E-state index contributed by atoms with van der Waals surface area (Å²) in [5.74, 6) is 1.12. The molecule has 2 heterocycles. The van der Waals surface area contributed by atoms with E-state index in [2.05, 4.69) is 27.9 Å². The van der Waals surface area contributed by atoms with Crippen molar-refractivity contribution in [2.45, 2.75) is 50.2 Å². The predicted molar refractivity (Wildman–Crippen MR) is 99.1 cm³/mol. The van der Waals surface area contributed by atoms with Crippen molar-refractivity contribution in [3.63, 3.8) is 0 Å². The molecule has 1 aliphatic heterocycles. The number of rotatable bonds is 4. The second kappa shape index (κ2) is 7.11. The summed E-state index contributed by atoms with van der Waals surface area (Å²) in [4.78, 5) is 12.0. The zero-order valence-corrected chi connectivity index (χ0v) is 15.4. The Labute approximate surface area is 153 Å². The summed E-state index contributed by atoms with van der Waals surface area (Å²) in [6.45, 7) is 0. The van der Waals surface area contributed by atoms with E-state index < -0.39 is 0 Å². The number of hydrogen-bond acceptors (Lipinski definition) is 4. The monoisotopic (exact) mass is 354 g/mol. The first kappa shape index (κ1) is 17.1. The van der Waals surface area contributed by atoms with Crippen LogP contribution in [0, 0.1) is 0 Å². The molecule has 0 bridgehead atoms. The molecule has 1 saturated heterocycles. The average molecular weight is 354 g/mol. The first-order valence-electron chi connectivity index (χ1n) is 9.33. The largest absolute Gasteiger partial charge is 0.496 e. The molecule has 1 aromatic carbocycles. The quantitative estimate of drug-likeness (QED) is 0.880. The number of carbonyl (C=O) groups excluding carboxylic acids is 1. The normalized spacial score (nSPS) is 25.5. The fourth-order valence-corrected chi connectivity index (χ4v) is 4.36. The number of aryl methyl sites for hydroxylation is 1. The van der Waals surface area contributed by atoms with Gasteiger partial charge in [0, 0.05) is 31.7 Å². The van der Waals surface area contributed by atoms with Gasteiger partial charge in [-0.3, -0.25) is 9.48 Å². The Bertz CT molecular complexity index is 801. The summed E-state index contributed by atoms with van der Waals surface area (Å²) in [5, 5.41) is 11.3. The third-order valence-electron chi connectivity index (χ3n) is 5.69. The number of benzene rings is 1. The highest BCUT2D eigenvalue weighted by Gasteiger charge is 2.33. The number of hydrogen-bond donors (Lipinski definition) is 2. The Morgan fingerprint density at radius 3 is 2.92 bits per heavy atom. The Kier molecular flexibility index (Phi) is 4.68. The lowest BCUT2D eigenvalue weighted by Gasteiger charge is -2.37. The maximum atomic E-state index is 12.0. The highest BCUT2D eigenvalue weighted by molar-refractivity contribution is 5.77. The van der Waals surface area contributed by atoms with Crippen molar-refractivity contribution in [3.8, 4) is 5.75 Å². The van der Waals surface area contributed by atoms with Crippen LogP contribution >= 0.6 is 0 Å². The van der Waals surface area contributed by atoms with E-state index in [9.17, 15) is 4.79 Å². The lowest BCUT2D eigenvalue weighted by atomic mass is 9.86. The lowest BCUT2D eigenvalue weighted by Crippen LogP contribution is -2.52. The minimum absolute atomic E-state index is 0.0320. The van der Waals surface area contributed by atoms with Gasteiger partial charge in [0.1, 0.15) is 5.75 Å². The first-order chi connectivity index (χ1) is 12.7. The number of methoxy groups -OCH3 is 1. The number of fused-ring (bicyclic) bond motifs is 1. The van der Waals surface area contributed by atoms with Gasteiger partial charge >= 0.3 is 0 Å². The van der Waals surface area contributed by atoms with Gasteiger partial charge in [0.25, 0.3) is 0 Å². The molecule has 6 heteroatoms. The van der Waals surface area contributed by atoms with Gasteiger partial charge in [-0.05, 0) is 48.9 Å². The Morgan fingerprint density at radius 2 is 2.15 bits per heavy atom. The van der Waals surface area contributed by atoms with Crippen LogP contribution in [0.2, 0.25) is 0 Å². The maximum Gasteiger partial charge on any atom is 0.220 e. The number of amides is 1. The molecule has 0 saturated carbocycles. The van der Waals surface area contributed by atoms with Crippen molar-refractivity contribution in [1.29, 1.82) is 0 Å². The van der Waals surface area contributed by atoms with Crippen molar-refractivity contribution >= 4 is 5.91 Å². The zero-order valence-electron chi connectivity index (χ0n) is 15.4. The smallest absolute Gasteiger partial charge is 0.220 e. The second-order valence-corrected chi connectivity index (χ2v) is 7.27. The van der Waals surface area contributed by atoms with Crippen LogP contribution in [0.4, 0.5) is 0 Å². The van der Waals surface area contributed by atoms with Crippen LogP contribution in [0.25, 0.3) is 0 Å². The van der Waals surface area contributed by atoms with E-state index in [0.717, 1.165) is 37.1 Å². The van der Waals surface area contributed by atoms with Crippen LogP contribution < -0.4 is 15.4 Å². The highest BCUT2D eigenvalue weighted by Crippen LogP contribution is 2.31. The summed E-state index contributed by atoms with van der Waals surface area (Å²) in [5.41, 5.74) is 3.76. The summed E-state index contributed by atoms with van der Waals surface area (Å²) < 4.78 is 7.36. The molecule has 26 heavy (non-hydrogen) atoms. The van der Waals surface area contributed by atoms with Crippen LogP contribution in [-0.2, 0) is 24.7 Å². The predicted octanol–water partition coefficient (Wildman–Crippen LogP) is 1.90. The van der Waals surface area contributed by atoms with Gasteiger partial charge < -0.3 is 15.4 Å². The molecule has 138 valence electrons. The van der Waals surface area contributed by atoms with Gasteiger partial charge in [0.15, 0.2) is 0 Å². The molecule has 2 N–H and O–H groups in total. The Balaban J connectivity index is 1.51. The molecular weight excluding hydrogens is 328 g/mol. The first-order valence-corrected chi connectivity index (χ1v) is 9.33. The third-order valence-corrected chi connectivity index (χ3v) is 5.69. The van der Waals surface area contributed by atoms with Gasteiger partial charge in [-0.1, -0.05) is 12.1 Å². The fraction of sp³-hybridized carbons (Fsp3) is 0.500. The molecule has 0 spiro atoms. The van der Waals surface area contributed by atoms with Gasteiger partial charge in [0.2, 0.25) is 5.91 Å². The van der Waals surface area contributed by atoms with Gasteiger partial charge in [-0.2, -0.15) is 5.10 Å². The van der Waals surface area contributed by atoms with E-state index in [1.807, 2.05) is 23.9 Å². The van der Waals surface area contributed by atoms with Gasteiger partial charge in [-0.15, -0.1) is 0 Å². The molecule has 4 rings (SSSR count). The van der Waals surface area contributed by atoms with Gasteiger partial charge in [0.05, 0.1) is 18.8 Å². The Hall–Kier alpha value is -2.34. The minimum Gasteiger partial charge on any atom is -0.496 e. The van der Waals surface area contributed by atoms with Crippen LogP contribution in [0.5, 0.6) is 5.75 Å². The zero-order chi connectivity index (χ0) is 18.1. The number of ether oxygens (including phenoxy) is 1. The molecular formula is C20H26N4O2. The number of aromatic nitrogens is 2. The summed E-state index contributed by atoms with van der Waals surface area (Å²) in [6.07, 6.45) is 6.31. The number of carbonyl (C=O) groups is 1. The van der Waals surface area contributed by atoms with Crippen LogP contribution in [0.1, 0.15) is 42.1 Å². The number of nitrogens with zero attached hydrogens (tertiary/aromatic N) is 2. The topological polar surface area (TPSA) is 68.2 Å². The van der Waals surface area contributed by atoms with Crippen LogP contribution in [-0.4, -0.2) is 34.9 Å². The molecule has 3 atom stereocenters. The van der Waals surface area contributed by atoms with E-state index in [1.165, 1.54) is 11.1 Å². The van der Waals surface area contributed by atoms with Crippen molar-refractivity contribution in [3.05, 3.63) is 47.3 Å². The van der Waals surface area contributed by atoms with Gasteiger partial charge in [-0.25, -0.2) is 0 Å². The molecule has 2 aliphatic rings. The average Bonchev–Trinajstić information content (AvgIpc) is 3.08. The van der Waals surface area contributed by atoms with Crippen LogP contribution in [0.15, 0.2) is 30.5 Å². The van der Waals surface area contributed by atoms with E-state index in [4.69, 9.17) is 4.74 Å². The molecule has 1 aliphatic carbocycles. The fourth-order valence-electron chi connectivity index (χ4n) is 4.36. The van der Waals surface area contributed by atoms with Crippen molar-refractivity contribution < 1.29 is 9.53 Å². The highest BCUT2D eigenvalue weighted by atomic mass is 16.5. The van der Waals surface area contributed by atoms with E-state index in [0.29, 0.717) is 12.5 Å². The van der Waals surface area contributed by atoms with Crippen molar-refractivity contribution in [2.75, 3.05) is 7.11 Å². The van der Waals surface area contributed by atoms with Crippen LogP contribution in [0.3, 0.4) is 0 Å².